The Labute approximate surface area is 145 Å². The summed E-state index contributed by atoms with van der Waals surface area (Å²) in [4.78, 5) is 0. The molecule has 1 N–H and O–H groups in total. The summed E-state index contributed by atoms with van der Waals surface area (Å²) in [6.07, 6.45) is 3.46. The van der Waals surface area contributed by atoms with E-state index < -0.39 is 10.0 Å². The van der Waals surface area contributed by atoms with Crippen molar-refractivity contribution in [2.75, 3.05) is 0 Å². The molecule has 1 aromatic carbocycles. The number of hydrogen-bond donors (Lipinski definition) is 1. The molecule has 4 rings (SSSR count). The van der Waals surface area contributed by atoms with E-state index >= 15 is 0 Å². The van der Waals surface area contributed by atoms with Gasteiger partial charge < -0.3 is 0 Å². The minimum atomic E-state index is -3.51. The summed E-state index contributed by atoms with van der Waals surface area (Å²) in [5, 5.41) is 4.91. The van der Waals surface area contributed by atoms with Crippen LogP contribution in [0.4, 0.5) is 0 Å². The maximum atomic E-state index is 12.7. The van der Waals surface area contributed by atoms with E-state index in [2.05, 4.69) is 28.9 Å². The SMILES string of the molecule is C[C@H]1[C@H](NS(=O)(=O)c2ccc(-n3cccn3)s2)[C@H]1c1ccccc1. The molecule has 24 heavy (non-hydrogen) atoms. The minimum Gasteiger partial charge on any atom is -0.231 e. The van der Waals surface area contributed by atoms with Crippen LogP contribution in [-0.2, 0) is 10.0 Å². The molecule has 0 saturated heterocycles. The first-order valence-electron chi connectivity index (χ1n) is 7.73. The van der Waals surface area contributed by atoms with Crippen molar-refractivity contribution < 1.29 is 8.42 Å². The van der Waals surface area contributed by atoms with Crippen LogP contribution in [0.5, 0.6) is 0 Å². The van der Waals surface area contributed by atoms with Gasteiger partial charge in [0.1, 0.15) is 9.21 Å². The van der Waals surface area contributed by atoms with Crippen LogP contribution in [0.2, 0.25) is 0 Å². The summed E-state index contributed by atoms with van der Waals surface area (Å²) in [5.74, 6) is 0.541. The molecule has 1 aliphatic carbocycles. The standard InChI is InChI=1S/C17H17N3O2S2/c1-12-16(13-6-3-2-4-7-13)17(12)19-24(21,22)15-9-8-14(23-15)20-11-5-10-18-20/h2-12,16-17,19H,1H3/t12-,16-,17+/m1/s1. The van der Waals surface area contributed by atoms with Crippen LogP contribution in [0.1, 0.15) is 18.4 Å². The van der Waals surface area contributed by atoms with Crippen molar-refractivity contribution in [3.8, 4) is 5.00 Å². The van der Waals surface area contributed by atoms with Crippen LogP contribution in [-0.4, -0.2) is 24.2 Å². The predicted molar refractivity (Wildman–Crippen MR) is 93.9 cm³/mol. The Morgan fingerprint density at radius 2 is 1.92 bits per heavy atom. The zero-order chi connectivity index (χ0) is 16.7. The first-order valence-corrected chi connectivity index (χ1v) is 10.0. The quantitative estimate of drug-likeness (QED) is 0.762. The summed E-state index contributed by atoms with van der Waals surface area (Å²) in [5.41, 5.74) is 1.18. The molecule has 3 atom stereocenters. The monoisotopic (exact) mass is 359 g/mol. The molecular formula is C17H17N3O2S2. The summed E-state index contributed by atoms with van der Waals surface area (Å²) in [6.45, 7) is 2.08. The highest BCUT2D eigenvalue weighted by Crippen LogP contribution is 2.48. The van der Waals surface area contributed by atoms with Crippen LogP contribution in [0.25, 0.3) is 5.00 Å². The third-order valence-corrected chi connectivity index (χ3v) is 7.44. The lowest BCUT2D eigenvalue weighted by Gasteiger charge is -2.04. The van der Waals surface area contributed by atoms with Crippen molar-refractivity contribution in [1.29, 1.82) is 0 Å². The van der Waals surface area contributed by atoms with Crippen molar-refractivity contribution in [3.05, 3.63) is 66.5 Å². The summed E-state index contributed by atoms with van der Waals surface area (Å²) in [7, 11) is -3.51. The Balaban J connectivity index is 1.52. The molecule has 0 unspecified atom stereocenters. The summed E-state index contributed by atoms with van der Waals surface area (Å²) < 4.78 is 30.2. The van der Waals surface area contributed by atoms with Crippen molar-refractivity contribution >= 4 is 21.4 Å². The second-order valence-corrected chi connectivity index (χ2v) is 8.99. The van der Waals surface area contributed by atoms with Gasteiger partial charge in [0.15, 0.2) is 0 Å². The van der Waals surface area contributed by atoms with Gasteiger partial charge in [-0.3, -0.25) is 0 Å². The van der Waals surface area contributed by atoms with Gasteiger partial charge in [-0.1, -0.05) is 37.3 Å². The van der Waals surface area contributed by atoms with Crippen molar-refractivity contribution in [1.82, 2.24) is 14.5 Å². The lowest BCUT2D eigenvalue weighted by atomic mass is 10.1. The fraction of sp³-hybridized carbons (Fsp3) is 0.235. The van der Waals surface area contributed by atoms with E-state index in [-0.39, 0.29) is 12.0 Å². The van der Waals surface area contributed by atoms with Gasteiger partial charge >= 0.3 is 0 Å². The van der Waals surface area contributed by atoms with Crippen LogP contribution in [0.3, 0.4) is 0 Å². The Bertz CT molecular complexity index is 933. The van der Waals surface area contributed by atoms with Gasteiger partial charge in [-0.05, 0) is 29.7 Å². The fourth-order valence-electron chi connectivity index (χ4n) is 3.04. The molecule has 0 spiro atoms. The van der Waals surface area contributed by atoms with E-state index in [0.717, 1.165) is 5.00 Å². The lowest BCUT2D eigenvalue weighted by molar-refractivity contribution is 0.580. The summed E-state index contributed by atoms with van der Waals surface area (Å²) in [6, 6.07) is 15.2. The first-order chi connectivity index (χ1) is 11.6. The largest absolute Gasteiger partial charge is 0.250 e. The van der Waals surface area contributed by atoms with E-state index in [1.54, 1.807) is 29.2 Å². The van der Waals surface area contributed by atoms with Crippen LogP contribution in [0.15, 0.2) is 65.1 Å². The van der Waals surface area contributed by atoms with Gasteiger partial charge in [0.05, 0.1) is 0 Å². The van der Waals surface area contributed by atoms with E-state index in [1.165, 1.54) is 16.9 Å². The molecule has 2 aromatic heterocycles. The van der Waals surface area contributed by atoms with E-state index in [1.807, 2.05) is 24.3 Å². The smallest absolute Gasteiger partial charge is 0.231 e. The lowest BCUT2D eigenvalue weighted by Crippen LogP contribution is -2.27. The molecule has 0 amide bonds. The fourth-order valence-corrected chi connectivity index (χ4v) is 5.65. The highest BCUT2D eigenvalue weighted by atomic mass is 32.2. The van der Waals surface area contributed by atoms with E-state index in [9.17, 15) is 8.42 Å². The number of benzene rings is 1. The van der Waals surface area contributed by atoms with Gasteiger partial charge in [0, 0.05) is 24.4 Å². The molecule has 7 heteroatoms. The molecule has 0 aliphatic heterocycles. The molecule has 1 fully saturated rings. The van der Waals surface area contributed by atoms with Crippen molar-refractivity contribution in [3.63, 3.8) is 0 Å². The molecule has 3 aromatic rings. The Kier molecular flexibility index (Phi) is 3.79. The number of aromatic nitrogens is 2. The number of sulfonamides is 1. The highest BCUT2D eigenvalue weighted by molar-refractivity contribution is 7.91. The molecule has 2 heterocycles. The van der Waals surface area contributed by atoms with E-state index in [4.69, 9.17) is 0 Å². The minimum absolute atomic E-state index is 0.0485. The van der Waals surface area contributed by atoms with Crippen molar-refractivity contribution in [2.45, 2.75) is 23.1 Å². The first kappa shape index (κ1) is 15.6. The number of rotatable bonds is 5. The zero-order valence-electron chi connectivity index (χ0n) is 13.0. The maximum absolute atomic E-state index is 12.7. The average Bonchev–Trinajstić information content (AvgIpc) is 3.05. The van der Waals surface area contributed by atoms with Gasteiger partial charge in [-0.15, -0.1) is 11.3 Å². The zero-order valence-corrected chi connectivity index (χ0v) is 14.7. The second-order valence-electron chi connectivity index (χ2n) is 5.99. The third kappa shape index (κ3) is 2.79. The number of nitrogens with zero attached hydrogens (tertiary/aromatic N) is 2. The topological polar surface area (TPSA) is 64.0 Å². The normalized spacial score (nSPS) is 23.3. The Morgan fingerprint density at radius 3 is 2.62 bits per heavy atom. The third-order valence-electron chi connectivity index (χ3n) is 4.42. The Hall–Kier alpha value is -1.96. The predicted octanol–water partition coefficient (Wildman–Crippen LogP) is 3.01. The highest BCUT2D eigenvalue weighted by Gasteiger charge is 2.49. The summed E-state index contributed by atoms with van der Waals surface area (Å²) >= 11 is 1.22. The van der Waals surface area contributed by atoms with Crippen LogP contribution >= 0.6 is 11.3 Å². The van der Waals surface area contributed by atoms with Gasteiger partial charge in [-0.25, -0.2) is 17.8 Å². The molecular weight excluding hydrogens is 342 g/mol. The van der Waals surface area contributed by atoms with Gasteiger partial charge in [0.25, 0.3) is 0 Å². The maximum Gasteiger partial charge on any atom is 0.250 e. The van der Waals surface area contributed by atoms with E-state index in [0.29, 0.717) is 10.1 Å². The molecule has 5 nitrogen and oxygen atoms in total. The number of thiophene rings is 1. The van der Waals surface area contributed by atoms with Crippen molar-refractivity contribution in [2.24, 2.45) is 5.92 Å². The molecule has 124 valence electrons. The Morgan fingerprint density at radius 1 is 1.12 bits per heavy atom. The molecule has 0 radical (unpaired) electrons. The molecule has 0 bridgehead atoms. The van der Waals surface area contributed by atoms with Crippen LogP contribution < -0.4 is 4.72 Å². The number of nitrogens with one attached hydrogen (secondary N) is 1. The average molecular weight is 359 g/mol. The second kappa shape index (κ2) is 5.84. The van der Waals surface area contributed by atoms with Crippen LogP contribution in [0, 0.1) is 5.92 Å². The molecule has 1 aliphatic rings. The molecule has 1 saturated carbocycles. The van der Waals surface area contributed by atoms with Gasteiger partial charge in [-0.2, -0.15) is 5.10 Å². The number of hydrogen-bond acceptors (Lipinski definition) is 4. The van der Waals surface area contributed by atoms with Gasteiger partial charge in [0.2, 0.25) is 10.0 Å².